The molecule has 0 saturated carbocycles. The third kappa shape index (κ3) is 3.47. The largest absolute Gasteiger partial charge is 0.467 e. The molecule has 1 aromatic carbocycles. The predicted octanol–water partition coefficient (Wildman–Crippen LogP) is 3.69. The Morgan fingerprint density at radius 2 is 1.76 bits per heavy atom. The lowest BCUT2D eigenvalue weighted by Gasteiger charge is -2.30. The van der Waals surface area contributed by atoms with E-state index in [-0.39, 0.29) is 12.1 Å². The molecule has 2 aromatic heterocycles. The van der Waals surface area contributed by atoms with Gasteiger partial charge in [0, 0.05) is 30.7 Å². The van der Waals surface area contributed by atoms with E-state index in [1.54, 1.807) is 12.5 Å². The zero-order valence-electron chi connectivity index (χ0n) is 15.9. The first-order chi connectivity index (χ1) is 14.3. The molecule has 148 valence electrons. The van der Waals surface area contributed by atoms with Gasteiger partial charge in [-0.3, -0.25) is 4.98 Å². The van der Waals surface area contributed by atoms with Crippen molar-refractivity contribution in [3.8, 4) is 0 Å². The molecule has 2 aliphatic heterocycles. The van der Waals surface area contributed by atoms with Crippen molar-refractivity contribution in [2.75, 3.05) is 36.1 Å². The van der Waals surface area contributed by atoms with Crippen LogP contribution in [0.2, 0.25) is 0 Å². The van der Waals surface area contributed by atoms with Gasteiger partial charge in [-0.05, 0) is 60.7 Å². The van der Waals surface area contributed by atoms with Gasteiger partial charge in [0.1, 0.15) is 11.8 Å². The van der Waals surface area contributed by atoms with Crippen LogP contribution >= 0.6 is 12.2 Å². The summed E-state index contributed by atoms with van der Waals surface area (Å²) in [5.41, 5.74) is 3.16. The van der Waals surface area contributed by atoms with Crippen LogP contribution in [0.1, 0.15) is 23.5 Å². The van der Waals surface area contributed by atoms with Crippen molar-refractivity contribution in [3.05, 3.63) is 78.5 Å². The number of benzene rings is 1. The maximum Gasteiger partial charge on any atom is 0.174 e. The van der Waals surface area contributed by atoms with E-state index in [2.05, 4.69) is 44.4 Å². The van der Waals surface area contributed by atoms with Crippen LogP contribution in [0.4, 0.5) is 11.4 Å². The Balaban J connectivity index is 1.48. The van der Waals surface area contributed by atoms with Gasteiger partial charge in [0.25, 0.3) is 0 Å². The number of nitrogens with one attached hydrogen (secondary N) is 1. The quantitative estimate of drug-likeness (QED) is 0.663. The zero-order chi connectivity index (χ0) is 19.6. The number of nitrogens with zero attached hydrogens (tertiary/aromatic N) is 3. The summed E-state index contributed by atoms with van der Waals surface area (Å²) in [6, 6.07) is 18.2. The van der Waals surface area contributed by atoms with Crippen LogP contribution in [0, 0.1) is 0 Å². The first-order valence-electron chi connectivity index (χ1n) is 9.78. The molecule has 4 heterocycles. The van der Waals surface area contributed by atoms with Crippen LogP contribution in [0.25, 0.3) is 0 Å². The molecule has 2 fully saturated rings. The molecule has 0 spiro atoms. The maximum atomic E-state index is 5.80. The van der Waals surface area contributed by atoms with E-state index in [0.717, 1.165) is 43.4 Å². The molecule has 1 N–H and O–H groups in total. The highest BCUT2D eigenvalue weighted by Crippen LogP contribution is 2.41. The molecule has 0 aliphatic carbocycles. The Kier molecular flexibility index (Phi) is 4.91. The number of anilines is 2. The fourth-order valence-corrected chi connectivity index (χ4v) is 4.37. The van der Waals surface area contributed by atoms with Crippen molar-refractivity contribution in [1.82, 2.24) is 10.3 Å². The number of furan rings is 1. The molecule has 0 radical (unpaired) electrons. The second kappa shape index (κ2) is 7.85. The van der Waals surface area contributed by atoms with Gasteiger partial charge < -0.3 is 24.3 Å². The Morgan fingerprint density at radius 1 is 0.966 bits per heavy atom. The summed E-state index contributed by atoms with van der Waals surface area (Å²) in [7, 11) is 0. The second-order valence-electron chi connectivity index (χ2n) is 7.13. The van der Waals surface area contributed by atoms with Gasteiger partial charge in [0.05, 0.1) is 31.2 Å². The summed E-state index contributed by atoms with van der Waals surface area (Å²) < 4.78 is 11.3. The highest BCUT2D eigenvalue weighted by Gasteiger charge is 2.42. The van der Waals surface area contributed by atoms with Gasteiger partial charge in [-0.1, -0.05) is 6.07 Å². The normalized spacial score (nSPS) is 22.0. The van der Waals surface area contributed by atoms with Crippen LogP contribution in [-0.2, 0) is 4.74 Å². The number of morpholine rings is 1. The van der Waals surface area contributed by atoms with E-state index in [0.29, 0.717) is 5.11 Å². The smallest absolute Gasteiger partial charge is 0.174 e. The molecule has 2 atom stereocenters. The Labute approximate surface area is 175 Å². The highest BCUT2D eigenvalue weighted by atomic mass is 32.1. The first-order valence-corrected chi connectivity index (χ1v) is 10.2. The summed E-state index contributed by atoms with van der Waals surface area (Å²) in [5.74, 6) is 0.852. The molecule has 7 heteroatoms. The lowest BCUT2D eigenvalue weighted by atomic mass is 10.0. The topological polar surface area (TPSA) is 53.8 Å². The molecule has 6 nitrogen and oxygen atoms in total. The molecule has 0 amide bonds. The Hall–Kier alpha value is -2.90. The summed E-state index contributed by atoms with van der Waals surface area (Å²) in [6.07, 6.45) is 3.50. The van der Waals surface area contributed by atoms with E-state index in [9.17, 15) is 0 Å². The molecule has 3 aromatic rings. The van der Waals surface area contributed by atoms with Crippen molar-refractivity contribution in [2.45, 2.75) is 12.1 Å². The van der Waals surface area contributed by atoms with E-state index in [1.807, 2.05) is 30.3 Å². The third-order valence-electron chi connectivity index (χ3n) is 5.44. The van der Waals surface area contributed by atoms with E-state index in [4.69, 9.17) is 21.4 Å². The standard InChI is InChI=1S/C22H22N4O2S/c29-22-24-20(18-4-1-2-10-23-18)21(19-5-3-13-28-19)26(22)17-8-6-16(7-9-17)25-11-14-27-15-12-25/h1-10,13,20-21H,11-12,14-15H2,(H,24,29)/t20-,21+/m0/s1. The fourth-order valence-electron chi connectivity index (χ4n) is 4.03. The molecule has 29 heavy (non-hydrogen) atoms. The Morgan fingerprint density at radius 3 is 2.45 bits per heavy atom. The van der Waals surface area contributed by atoms with E-state index < -0.39 is 0 Å². The number of rotatable bonds is 4. The van der Waals surface area contributed by atoms with Crippen molar-refractivity contribution < 1.29 is 9.15 Å². The average molecular weight is 407 g/mol. The summed E-state index contributed by atoms with van der Waals surface area (Å²) in [6.45, 7) is 3.38. The SMILES string of the molecule is S=C1N[C@@H](c2ccccn2)[C@@H](c2ccco2)N1c1ccc(N2CCOCC2)cc1. The molecule has 0 bridgehead atoms. The van der Waals surface area contributed by atoms with Gasteiger partial charge in [-0.15, -0.1) is 0 Å². The van der Waals surface area contributed by atoms with Crippen LogP contribution < -0.4 is 15.1 Å². The molecular weight excluding hydrogens is 384 g/mol. The van der Waals surface area contributed by atoms with Gasteiger partial charge >= 0.3 is 0 Å². The number of ether oxygens (including phenoxy) is 1. The number of thiocarbonyl (C=S) groups is 1. The van der Waals surface area contributed by atoms with Crippen molar-refractivity contribution in [3.63, 3.8) is 0 Å². The van der Waals surface area contributed by atoms with Gasteiger partial charge in [0.2, 0.25) is 0 Å². The minimum atomic E-state index is -0.110. The highest BCUT2D eigenvalue weighted by molar-refractivity contribution is 7.80. The summed E-state index contributed by atoms with van der Waals surface area (Å²) >= 11 is 5.73. The molecule has 0 unspecified atom stereocenters. The minimum absolute atomic E-state index is 0.0891. The third-order valence-corrected chi connectivity index (χ3v) is 5.75. The van der Waals surface area contributed by atoms with Gasteiger partial charge in [0.15, 0.2) is 5.11 Å². The van der Waals surface area contributed by atoms with Crippen LogP contribution in [0.5, 0.6) is 0 Å². The maximum absolute atomic E-state index is 5.80. The number of aromatic nitrogens is 1. The number of hydrogen-bond acceptors (Lipinski definition) is 5. The van der Waals surface area contributed by atoms with Crippen LogP contribution in [0.3, 0.4) is 0 Å². The first kappa shape index (κ1) is 18.1. The fraction of sp³-hybridized carbons (Fsp3) is 0.273. The van der Waals surface area contributed by atoms with Gasteiger partial charge in [-0.2, -0.15) is 0 Å². The van der Waals surface area contributed by atoms with Crippen molar-refractivity contribution >= 4 is 28.7 Å². The molecular formula is C22H22N4O2S. The second-order valence-corrected chi connectivity index (χ2v) is 7.51. The van der Waals surface area contributed by atoms with E-state index >= 15 is 0 Å². The summed E-state index contributed by atoms with van der Waals surface area (Å²) in [5, 5.41) is 4.11. The van der Waals surface area contributed by atoms with Crippen LogP contribution in [0.15, 0.2) is 71.5 Å². The molecule has 2 aliphatic rings. The van der Waals surface area contributed by atoms with Crippen molar-refractivity contribution in [2.24, 2.45) is 0 Å². The van der Waals surface area contributed by atoms with E-state index in [1.165, 1.54) is 5.69 Å². The van der Waals surface area contributed by atoms with Gasteiger partial charge in [-0.25, -0.2) is 0 Å². The van der Waals surface area contributed by atoms with Crippen molar-refractivity contribution in [1.29, 1.82) is 0 Å². The average Bonchev–Trinajstić information content (AvgIpc) is 3.43. The monoisotopic (exact) mass is 406 g/mol. The summed E-state index contributed by atoms with van der Waals surface area (Å²) in [4.78, 5) is 9.01. The zero-order valence-corrected chi connectivity index (χ0v) is 16.7. The molecule has 2 saturated heterocycles. The lowest BCUT2D eigenvalue weighted by Crippen LogP contribution is -2.36. The lowest BCUT2D eigenvalue weighted by molar-refractivity contribution is 0.122. The number of hydrogen-bond donors (Lipinski definition) is 1. The predicted molar refractivity (Wildman–Crippen MR) is 116 cm³/mol. The number of pyridine rings is 1. The Bertz CT molecular complexity index is 956. The van der Waals surface area contributed by atoms with Crippen LogP contribution in [-0.4, -0.2) is 36.4 Å². The molecule has 5 rings (SSSR count). The minimum Gasteiger partial charge on any atom is -0.467 e.